The highest BCUT2D eigenvalue weighted by atomic mass is 16.6. The minimum Gasteiger partial charge on any atom is -0.471 e. The lowest BCUT2D eigenvalue weighted by atomic mass is 10.5. The van der Waals surface area contributed by atoms with E-state index in [9.17, 15) is 10.1 Å². The number of anilines is 1. The third-order valence-electron chi connectivity index (χ3n) is 1.93. The molecular formula is C9H15N5O3. The molecule has 0 saturated carbocycles. The molecule has 0 aliphatic carbocycles. The number of likely N-dealkylation sites (N-methyl/N-ethyl adjacent to an activating group) is 1. The van der Waals surface area contributed by atoms with Crippen LogP contribution in [0.1, 0.15) is 0 Å². The summed E-state index contributed by atoms with van der Waals surface area (Å²) in [7, 11) is 5.40. The molecular weight excluding hydrogens is 226 g/mol. The molecule has 1 heterocycles. The van der Waals surface area contributed by atoms with Crippen LogP contribution < -0.4 is 10.1 Å². The maximum Gasteiger partial charge on any atom is 0.349 e. The normalized spacial score (nSPS) is 10.4. The molecule has 1 aromatic heterocycles. The average Bonchev–Trinajstić information content (AvgIpc) is 2.28. The van der Waals surface area contributed by atoms with E-state index in [0.717, 1.165) is 6.20 Å². The molecule has 0 atom stereocenters. The molecule has 8 heteroatoms. The fourth-order valence-corrected chi connectivity index (χ4v) is 1.04. The van der Waals surface area contributed by atoms with E-state index >= 15 is 0 Å². The molecule has 0 unspecified atom stereocenters. The fraction of sp³-hybridized carbons (Fsp3) is 0.556. The van der Waals surface area contributed by atoms with Crippen molar-refractivity contribution in [1.29, 1.82) is 0 Å². The SMILES string of the molecule is CNc1ncc([N+](=O)[O-])c(OCCN(C)C)n1. The predicted molar refractivity (Wildman–Crippen MR) is 62.3 cm³/mol. The summed E-state index contributed by atoms with van der Waals surface area (Å²) in [6.45, 7) is 0.976. The second kappa shape index (κ2) is 5.94. The number of nitrogens with zero attached hydrogens (tertiary/aromatic N) is 4. The molecule has 8 nitrogen and oxygen atoms in total. The Balaban J connectivity index is 2.82. The number of nitrogens with one attached hydrogen (secondary N) is 1. The van der Waals surface area contributed by atoms with E-state index in [1.54, 1.807) is 7.05 Å². The standard InChI is InChI=1S/C9H15N5O3/c1-10-9-11-6-7(14(15)16)8(12-9)17-5-4-13(2)3/h6H,4-5H2,1-3H3,(H,10,11,12). The zero-order valence-electron chi connectivity index (χ0n) is 10.0. The summed E-state index contributed by atoms with van der Waals surface area (Å²) in [5.74, 6) is 0.270. The van der Waals surface area contributed by atoms with Crippen molar-refractivity contribution in [2.75, 3.05) is 39.6 Å². The van der Waals surface area contributed by atoms with Crippen LogP contribution in [0, 0.1) is 10.1 Å². The molecule has 0 radical (unpaired) electrons. The lowest BCUT2D eigenvalue weighted by Crippen LogP contribution is -2.20. The van der Waals surface area contributed by atoms with Gasteiger partial charge in [0.05, 0.1) is 4.92 Å². The van der Waals surface area contributed by atoms with Gasteiger partial charge < -0.3 is 15.0 Å². The average molecular weight is 241 g/mol. The van der Waals surface area contributed by atoms with Crippen LogP contribution in [0.15, 0.2) is 6.20 Å². The van der Waals surface area contributed by atoms with Crippen LogP contribution in [0.5, 0.6) is 5.88 Å². The summed E-state index contributed by atoms with van der Waals surface area (Å²) >= 11 is 0. The topological polar surface area (TPSA) is 93.4 Å². The lowest BCUT2D eigenvalue weighted by molar-refractivity contribution is -0.386. The monoisotopic (exact) mass is 241 g/mol. The Morgan fingerprint density at radius 3 is 2.82 bits per heavy atom. The quantitative estimate of drug-likeness (QED) is 0.568. The van der Waals surface area contributed by atoms with Crippen molar-refractivity contribution in [3.63, 3.8) is 0 Å². The fourth-order valence-electron chi connectivity index (χ4n) is 1.04. The summed E-state index contributed by atoms with van der Waals surface area (Å²) in [5.41, 5.74) is -0.234. The van der Waals surface area contributed by atoms with Gasteiger partial charge in [0.25, 0.3) is 5.88 Å². The smallest absolute Gasteiger partial charge is 0.349 e. The number of hydrogen-bond acceptors (Lipinski definition) is 7. The van der Waals surface area contributed by atoms with Gasteiger partial charge in [0, 0.05) is 13.6 Å². The zero-order valence-corrected chi connectivity index (χ0v) is 10.0. The molecule has 1 aromatic rings. The van der Waals surface area contributed by atoms with Crippen molar-refractivity contribution in [2.24, 2.45) is 0 Å². The Bertz CT molecular complexity index is 396. The summed E-state index contributed by atoms with van der Waals surface area (Å²) in [4.78, 5) is 19.7. The highest BCUT2D eigenvalue weighted by Gasteiger charge is 2.18. The first-order valence-electron chi connectivity index (χ1n) is 5.01. The molecule has 0 fully saturated rings. The van der Waals surface area contributed by atoms with Gasteiger partial charge in [-0.2, -0.15) is 4.98 Å². The molecule has 0 amide bonds. The summed E-state index contributed by atoms with van der Waals surface area (Å²) in [6, 6.07) is 0. The highest BCUT2D eigenvalue weighted by molar-refractivity contribution is 5.42. The van der Waals surface area contributed by atoms with Gasteiger partial charge in [0.1, 0.15) is 12.8 Å². The van der Waals surface area contributed by atoms with Crippen LogP contribution in [0.4, 0.5) is 11.6 Å². The molecule has 0 bridgehead atoms. The van der Waals surface area contributed by atoms with Crippen LogP contribution >= 0.6 is 0 Å². The molecule has 94 valence electrons. The van der Waals surface area contributed by atoms with Crippen molar-refractivity contribution in [3.05, 3.63) is 16.3 Å². The number of nitro groups is 1. The van der Waals surface area contributed by atoms with E-state index in [2.05, 4.69) is 15.3 Å². The van der Waals surface area contributed by atoms with Crippen molar-refractivity contribution in [3.8, 4) is 5.88 Å². The van der Waals surface area contributed by atoms with E-state index in [-0.39, 0.29) is 17.5 Å². The molecule has 0 saturated heterocycles. The Labute approximate surface area is 98.8 Å². The molecule has 0 aliphatic rings. The lowest BCUT2D eigenvalue weighted by Gasteiger charge is -2.10. The third kappa shape index (κ3) is 3.83. The molecule has 1 rings (SSSR count). The van der Waals surface area contributed by atoms with Crippen LogP contribution in [-0.4, -0.2) is 54.1 Å². The summed E-state index contributed by atoms with van der Waals surface area (Å²) < 4.78 is 5.28. The minimum atomic E-state index is -0.565. The van der Waals surface area contributed by atoms with Gasteiger partial charge in [-0.3, -0.25) is 10.1 Å². The third-order valence-corrected chi connectivity index (χ3v) is 1.93. The van der Waals surface area contributed by atoms with E-state index in [4.69, 9.17) is 4.74 Å². The van der Waals surface area contributed by atoms with Gasteiger partial charge in [-0.05, 0) is 14.1 Å². The Morgan fingerprint density at radius 1 is 1.59 bits per heavy atom. The van der Waals surface area contributed by atoms with Gasteiger partial charge in [0.2, 0.25) is 5.95 Å². The van der Waals surface area contributed by atoms with Gasteiger partial charge in [-0.25, -0.2) is 4.98 Å². The van der Waals surface area contributed by atoms with Crippen molar-refractivity contribution < 1.29 is 9.66 Å². The second-order valence-electron chi connectivity index (χ2n) is 3.54. The number of rotatable bonds is 6. The molecule has 0 aromatic carbocycles. The Kier molecular flexibility index (Phi) is 4.58. The Morgan fingerprint density at radius 2 is 2.29 bits per heavy atom. The van der Waals surface area contributed by atoms with E-state index < -0.39 is 4.92 Å². The zero-order chi connectivity index (χ0) is 12.8. The summed E-state index contributed by atoms with van der Waals surface area (Å²) in [5, 5.41) is 13.4. The number of ether oxygens (including phenoxy) is 1. The Hall–Kier alpha value is -1.96. The highest BCUT2D eigenvalue weighted by Crippen LogP contribution is 2.24. The first-order valence-corrected chi connectivity index (χ1v) is 5.01. The maximum absolute atomic E-state index is 10.7. The van der Waals surface area contributed by atoms with Gasteiger partial charge in [-0.15, -0.1) is 0 Å². The van der Waals surface area contributed by atoms with E-state index in [0.29, 0.717) is 13.2 Å². The van der Waals surface area contributed by atoms with Crippen molar-refractivity contribution in [1.82, 2.24) is 14.9 Å². The summed E-state index contributed by atoms with van der Waals surface area (Å²) in [6.07, 6.45) is 1.13. The second-order valence-corrected chi connectivity index (χ2v) is 3.54. The van der Waals surface area contributed by atoms with Crippen LogP contribution in [0.2, 0.25) is 0 Å². The number of aromatic nitrogens is 2. The predicted octanol–water partition coefficient (Wildman–Crippen LogP) is 0.367. The van der Waals surface area contributed by atoms with Crippen LogP contribution in [0.3, 0.4) is 0 Å². The first-order chi connectivity index (χ1) is 8.04. The number of hydrogen-bond donors (Lipinski definition) is 1. The van der Waals surface area contributed by atoms with Crippen LogP contribution in [0.25, 0.3) is 0 Å². The van der Waals surface area contributed by atoms with Gasteiger partial charge >= 0.3 is 5.69 Å². The van der Waals surface area contributed by atoms with Crippen molar-refractivity contribution >= 4 is 11.6 Å². The maximum atomic E-state index is 10.7. The first kappa shape index (κ1) is 13.1. The minimum absolute atomic E-state index is 0.0174. The molecule has 0 aliphatic heterocycles. The van der Waals surface area contributed by atoms with E-state index in [1.165, 1.54) is 0 Å². The van der Waals surface area contributed by atoms with Crippen molar-refractivity contribution in [2.45, 2.75) is 0 Å². The molecule has 0 spiro atoms. The van der Waals surface area contributed by atoms with Crippen LogP contribution in [-0.2, 0) is 0 Å². The molecule has 17 heavy (non-hydrogen) atoms. The largest absolute Gasteiger partial charge is 0.471 e. The molecule has 1 N–H and O–H groups in total. The van der Waals surface area contributed by atoms with Gasteiger partial charge in [0.15, 0.2) is 0 Å². The van der Waals surface area contributed by atoms with E-state index in [1.807, 2.05) is 19.0 Å². The van der Waals surface area contributed by atoms with Gasteiger partial charge in [-0.1, -0.05) is 0 Å².